The lowest BCUT2D eigenvalue weighted by Gasteiger charge is -2.16. The van der Waals surface area contributed by atoms with Crippen LogP contribution in [0.1, 0.15) is 17.3 Å². The second kappa shape index (κ2) is 6.20. The van der Waals surface area contributed by atoms with Crippen LogP contribution in [0, 0.1) is 5.82 Å². The van der Waals surface area contributed by atoms with Gasteiger partial charge in [-0.15, -0.1) is 0 Å². The van der Waals surface area contributed by atoms with Crippen molar-refractivity contribution in [3.63, 3.8) is 0 Å². The molecule has 0 aliphatic heterocycles. The highest BCUT2D eigenvalue weighted by Gasteiger charge is 2.14. The first-order valence-electron chi connectivity index (χ1n) is 5.21. The Kier molecular flexibility index (Phi) is 4.90. The quantitative estimate of drug-likeness (QED) is 0.801. The van der Waals surface area contributed by atoms with Crippen LogP contribution in [0.2, 0.25) is 0 Å². The maximum absolute atomic E-state index is 13.1. The Morgan fingerprint density at radius 2 is 2.18 bits per heavy atom. The van der Waals surface area contributed by atoms with Gasteiger partial charge in [0.05, 0.1) is 25.0 Å². The molecule has 0 fully saturated rings. The first-order valence-corrected chi connectivity index (χ1v) is 5.21. The van der Waals surface area contributed by atoms with Crippen molar-refractivity contribution in [2.75, 3.05) is 26.1 Å². The highest BCUT2D eigenvalue weighted by Crippen LogP contribution is 2.19. The SMILES string of the molecule is COCC(C)Nc1cc(F)ccc1C(=O)OC. The summed E-state index contributed by atoms with van der Waals surface area (Å²) in [4.78, 5) is 11.5. The summed E-state index contributed by atoms with van der Waals surface area (Å²) >= 11 is 0. The molecule has 0 bridgehead atoms. The van der Waals surface area contributed by atoms with E-state index in [4.69, 9.17) is 4.74 Å². The lowest BCUT2D eigenvalue weighted by Crippen LogP contribution is -2.22. The summed E-state index contributed by atoms with van der Waals surface area (Å²) < 4.78 is 22.7. The second-order valence-corrected chi connectivity index (χ2v) is 3.68. The van der Waals surface area contributed by atoms with Gasteiger partial charge in [-0.1, -0.05) is 0 Å². The van der Waals surface area contributed by atoms with Crippen LogP contribution in [0.4, 0.5) is 10.1 Å². The standard InChI is InChI=1S/C12H16FNO3/c1-8(7-16-2)14-11-6-9(13)4-5-10(11)12(15)17-3/h4-6,8,14H,7H2,1-3H3. The smallest absolute Gasteiger partial charge is 0.339 e. The number of esters is 1. The minimum Gasteiger partial charge on any atom is -0.465 e. The van der Waals surface area contributed by atoms with Gasteiger partial charge in [-0.05, 0) is 25.1 Å². The molecule has 1 rings (SSSR count). The van der Waals surface area contributed by atoms with Crippen molar-refractivity contribution in [1.82, 2.24) is 0 Å². The van der Waals surface area contributed by atoms with E-state index in [0.29, 0.717) is 17.9 Å². The van der Waals surface area contributed by atoms with Crippen LogP contribution < -0.4 is 5.32 Å². The fourth-order valence-corrected chi connectivity index (χ4v) is 1.48. The summed E-state index contributed by atoms with van der Waals surface area (Å²) in [5.41, 5.74) is 0.707. The van der Waals surface area contributed by atoms with Gasteiger partial charge >= 0.3 is 5.97 Å². The molecule has 94 valence electrons. The second-order valence-electron chi connectivity index (χ2n) is 3.68. The molecule has 5 heteroatoms. The molecular formula is C12H16FNO3. The van der Waals surface area contributed by atoms with Crippen LogP contribution in [0.15, 0.2) is 18.2 Å². The summed E-state index contributed by atoms with van der Waals surface area (Å²) in [6.07, 6.45) is 0. The molecule has 0 radical (unpaired) electrons. The topological polar surface area (TPSA) is 47.6 Å². The van der Waals surface area contributed by atoms with E-state index < -0.39 is 11.8 Å². The predicted octanol–water partition coefficient (Wildman–Crippen LogP) is 2.06. The van der Waals surface area contributed by atoms with Gasteiger partial charge < -0.3 is 14.8 Å². The van der Waals surface area contributed by atoms with Crippen LogP contribution in [0.3, 0.4) is 0 Å². The molecule has 1 aromatic carbocycles. The highest BCUT2D eigenvalue weighted by atomic mass is 19.1. The number of benzene rings is 1. The summed E-state index contributed by atoms with van der Waals surface area (Å²) in [5, 5.41) is 3.00. The van der Waals surface area contributed by atoms with Crippen LogP contribution in [-0.4, -0.2) is 32.8 Å². The Hall–Kier alpha value is -1.62. The van der Waals surface area contributed by atoms with Gasteiger partial charge in [0, 0.05) is 13.2 Å². The molecule has 1 unspecified atom stereocenters. The highest BCUT2D eigenvalue weighted by molar-refractivity contribution is 5.95. The Morgan fingerprint density at radius 1 is 1.47 bits per heavy atom. The van der Waals surface area contributed by atoms with E-state index in [1.807, 2.05) is 6.92 Å². The molecule has 1 aromatic rings. The van der Waals surface area contributed by atoms with E-state index in [-0.39, 0.29) is 6.04 Å². The van der Waals surface area contributed by atoms with Gasteiger partial charge in [0.1, 0.15) is 5.82 Å². The van der Waals surface area contributed by atoms with Gasteiger partial charge in [-0.3, -0.25) is 0 Å². The van der Waals surface area contributed by atoms with Crippen molar-refractivity contribution in [3.8, 4) is 0 Å². The molecule has 4 nitrogen and oxygen atoms in total. The number of hydrogen-bond donors (Lipinski definition) is 1. The zero-order valence-corrected chi connectivity index (χ0v) is 10.1. The summed E-state index contributed by atoms with van der Waals surface area (Å²) in [6.45, 7) is 2.33. The first kappa shape index (κ1) is 13.4. The van der Waals surface area contributed by atoms with Crippen LogP contribution in [0.25, 0.3) is 0 Å². The maximum atomic E-state index is 13.1. The van der Waals surface area contributed by atoms with E-state index in [1.54, 1.807) is 7.11 Å². The predicted molar refractivity (Wildman–Crippen MR) is 62.7 cm³/mol. The molecule has 0 aliphatic rings. The van der Waals surface area contributed by atoms with Crippen LogP contribution in [-0.2, 0) is 9.47 Å². The molecule has 0 spiro atoms. The van der Waals surface area contributed by atoms with Crippen molar-refractivity contribution >= 4 is 11.7 Å². The molecule has 0 heterocycles. The molecule has 0 saturated heterocycles. The average Bonchev–Trinajstić information content (AvgIpc) is 2.28. The van der Waals surface area contributed by atoms with Crippen molar-refractivity contribution in [3.05, 3.63) is 29.6 Å². The number of carbonyl (C=O) groups excluding carboxylic acids is 1. The van der Waals surface area contributed by atoms with Crippen molar-refractivity contribution in [1.29, 1.82) is 0 Å². The number of ether oxygens (including phenoxy) is 2. The first-order chi connectivity index (χ1) is 8.08. The number of nitrogens with one attached hydrogen (secondary N) is 1. The summed E-state index contributed by atoms with van der Waals surface area (Å²) in [5.74, 6) is -0.915. The Balaban J connectivity index is 2.94. The number of halogens is 1. The number of carbonyl (C=O) groups is 1. The Bertz CT molecular complexity index is 395. The molecule has 0 amide bonds. The van der Waals surface area contributed by atoms with Gasteiger partial charge in [0.2, 0.25) is 0 Å². The van der Waals surface area contributed by atoms with Crippen LogP contribution in [0.5, 0.6) is 0 Å². The number of rotatable bonds is 5. The third-order valence-corrected chi connectivity index (χ3v) is 2.21. The lowest BCUT2D eigenvalue weighted by molar-refractivity contribution is 0.0601. The molecule has 17 heavy (non-hydrogen) atoms. The summed E-state index contributed by atoms with van der Waals surface area (Å²) in [6, 6.07) is 3.84. The fourth-order valence-electron chi connectivity index (χ4n) is 1.48. The zero-order valence-electron chi connectivity index (χ0n) is 10.1. The molecule has 0 aromatic heterocycles. The Labute approximate surface area is 99.7 Å². The van der Waals surface area contributed by atoms with Crippen LogP contribution >= 0.6 is 0 Å². The largest absolute Gasteiger partial charge is 0.465 e. The van der Waals surface area contributed by atoms with E-state index in [2.05, 4.69) is 10.1 Å². The van der Waals surface area contributed by atoms with Crippen molar-refractivity contribution < 1.29 is 18.7 Å². The molecule has 0 saturated carbocycles. The van der Waals surface area contributed by atoms with E-state index in [0.717, 1.165) is 0 Å². The Morgan fingerprint density at radius 3 is 2.76 bits per heavy atom. The minimum absolute atomic E-state index is 0.0368. The maximum Gasteiger partial charge on any atom is 0.339 e. The van der Waals surface area contributed by atoms with Crippen molar-refractivity contribution in [2.24, 2.45) is 0 Å². The third kappa shape index (κ3) is 3.71. The third-order valence-electron chi connectivity index (χ3n) is 2.21. The molecule has 0 aliphatic carbocycles. The lowest BCUT2D eigenvalue weighted by atomic mass is 10.1. The van der Waals surface area contributed by atoms with E-state index >= 15 is 0 Å². The van der Waals surface area contributed by atoms with Gasteiger partial charge in [0.15, 0.2) is 0 Å². The number of methoxy groups -OCH3 is 2. The molecule has 1 atom stereocenters. The van der Waals surface area contributed by atoms with Gasteiger partial charge in [0.25, 0.3) is 0 Å². The number of hydrogen-bond acceptors (Lipinski definition) is 4. The normalized spacial score (nSPS) is 12.0. The monoisotopic (exact) mass is 241 g/mol. The van der Waals surface area contributed by atoms with Gasteiger partial charge in [-0.25, -0.2) is 9.18 Å². The zero-order chi connectivity index (χ0) is 12.8. The number of anilines is 1. The van der Waals surface area contributed by atoms with E-state index in [9.17, 15) is 9.18 Å². The van der Waals surface area contributed by atoms with Gasteiger partial charge in [-0.2, -0.15) is 0 Å². The molecule has 1 N–H and O–H groups in total. The van der Waals surface area contributed by atoms with E-state index in [1.165, 1.54) is 25.3 Å². The molecular weight excluding hydrogens is 225 g/mol. The summed E-state index contributed by atoms with van der Waals surface area (Å²) in [7, 11) is 2.86. The minimum atomic E-state index is -0.503. The van der Waals surface area contributed by atoms with Crippen molar-refractivity contribution in [2.45, 2.75) is 13.0 Å². The average molecular weight is 241 g/mol. The fraction of sp³-hybridized carbons (Fsp3) is 0.417.